The van der Waals surface area contributed by atoms with E-state index in [4.69, 9.17) is 9.47 Å². The fourth-order valence-corrected chi connectivity index (χ4v) is 7.76. The van der Waals surface area contributed by atoms with Gasteiger partial charge in [0.05, 0.1) is 5.92 Å². The number of carbonyl (C=O) groups is 5. The molecule has 2 heterocycles. The maximum Gasteiger partial charge on any atom is 0.410 e. The van der Waals surface area contributed by atoms with E-state index in [9.17, 15) is 29.1 Å². The third-order valence-corrected chi connectivity index (χ3v) is 11.3. The number of nitrogens with one attached hydrogen (secondary N) is 2. The highest BCUT2D eigenvalue weighted by Gasteiger charge is 2.39. The second kappa shape index (κ2) is 20.8. The second-order valence-electron chi connectivity index (χ2n) is 16.2. The number of rotatable bonds is 18. The predicted molar refractivity (Wildman–Crippen MR) is 213 cm³/mol. The Bertz CT molecular complexity index is 1580. The molecule has 4 amide bonds. The summed E-state index contributed by atoms with van der Waals surface area (Å²) in [6.07, 6.45) is 2.70. The van der Waals surface area contributed by atoms with Gasteiger partial charge in [-0.15, -0.1) is 11.3 Å². The highest BCUT2D eigenvalue weighted by atomic mass is 32.1. The van der Waals surface area contributed by atoms with Gasteiger partial charge in [-0.25, -0.2) is 9.78 Å². The Kier molecular flexibility index (Phi) is 17.1. The van der Waals surface area contributed by atoms with Gasteiger partial charge in [0, 0.05) is 44.6 Å². The molecule has 1 saturated heterocycles. The van der Waals surface area contributed by atoms with Crippen molar-refractivity contribution < 1.29 is 38.6 Å². The van der Waals surface area contributed by atoms with Crippen LogP contribution in [0.3, 0.4) is 0 Å². The van der Waals surface area contributed by atoms with Crippen molar-refractivity contribution in [2.45, 2.75) is 136 Å². The summed E-state index contributed by atoms with van der Waals surface area (Å²) in [5.41, 5.74) is 0.477. The Morgan fingerprint density at radius 1 is 1.04 bits per heavy atom. The lowest BCUT2D eigenvalue weighted by molar-refractivity contribution is -0.141. The van der Waals surface area contributed by atoms with E-state index in [0.717, 1.165) is 18.4 Å². The molecule has 14 heteroatoms. The Labute approximate surface area is 330 Å². The highest BCUT2D eigenvalue weighted by Crippen LogP contribution is 2.31. The Morgan fingerprint density at radius 3 is 2.29 bits per heavy atom. The van der Waals surface area contributed by atoms with Gasteiger partial charge in [-0.2, -0.15) is 0 Å². The molecule has 306 valence electrons. The number of benzene rings is 1. The molecule has 0 aliphatic carbocycles. The van der Waals surface area contributed by atoms with Crippen molar-refractivity contribution in [3.63, 3.8) is 0 Å². The van der Waals surface area contributed by atoms with Crippen LogP contribution in [0.25, 0.3) is 0 Å². The SMILES string of the molecule is CC[C@H](C)[C@H](NC(=O)[C@H]1CCCCN1C(=O)OC(C)(C)C)C(=O)N(C)[C@H](C[C@@H](OC)c1nc(C(=O)NC(Cc2ccccc2)CC(C)C(=O)O)cs1)C(C)C. The van der Waals surface area contributed by atoms with E-state index in [1.54, 1.807) is 52.1 Å². The Morgan fingerprint density at radius 2 is 1.71 bits per heavy atom. The summed E-state index contributed by atoms with van der Waals surface area (Å²) >= 11 is 1.29. The standard InChI is InChI=1S/C41H63N5O8S/c1-11-26(4)34(44-36(48)31-19-15-16-20-46(31)40(52)54-41(6,7)8)38(49)45(9)32(25(2)3)23-33(53-10)37-43-30(24-55-37)35(47)42-29(21-27(5)39(50)51)22-28-17-13-12-14-18-28/h12-14,17-18,24-27,29,31-34H,11,15-16,19-23H2,1-10H3,(H,42,47)(H,44,48)(H,50,51)/t26-,27?,29?,31+,32+,33+,34-/m0/s1. The molecule has 55 heavy (non-hydrogen) atoms. The van der Waals surface area contributed by atoms with Crippen LogP contribution in [-0.4, -0.2) is 100 Å². The molecule has 1 aliphatic heterocycles. The maximum absolute atomic E-state index is 14.3. The minimum Gasteiger partial charge on any atom is -0.481 e. The highest BCUT2D eigenvalue weighted by molar-refractivity contribution is 7.09. The van der Waals surface area contributed by atoms with Crippen molar-refractivity contribution in [1.29, 1.82) is 0 Å². The first-order valence-electron chi connectivity index (χ1n) is 19.5. The van der Waals surface area contributed by atoms with Gasteiger partial charge < -0.3 is 30.1 Å². The molecule has 1 aromatic heterocycles. The number of hydrogen-bond donors (Lipinski definition) is 3. The molecule has 13 nitrogen and oxygen atoms in total. The molecular weight excluding hydrogens is 723 g/mol. The number of methoxy groups -OCH3 is 1. The largest absolute Gasteiger partial charge is 0.481 e. The van der Waals surface area contributed by atoms with Crippen molar-refractivity contribution in [1.82, 2.24) is 25.4 Å². The number of carboxylic acid groups (broad SMARTS) is 1. The normalized spacial score (nSPS) is 18.0. The molecule has 3 rings (SSSR count). The van der Waals surface area contributed by atoms with Crippen LogP contribution in [0.1, 0.15) is 121 Å². The summed E-state index contributed by atoms with van der Waals surface area (Å²) in [7, 11) is 3.30. The number of piperidine rings is 1. The van der Waals surface area contributed by atoms with E-state index in [1.807, 2.05) is 58.0 Å². The number of nitrogens with zero attached hydrogens (tertiary/aromatic N) is 3. The van der Waals surface area contributed by atoms with E-state index in [0.29, 0.717) is 37.2 Å². The summed E-state index contributed by atoms with van der Waals surface area (Å²) in [4.78, 5) is 74.1. The maximum atomic E-state index is 14.3. The lowest BCUT2D eigenvalue weighted by Crippen LogP contribution is -2.59. The first-order valence-corrected chi connectivity index (χ1v) is 20.4. The van der Waals surface area contributed by atoms with Gasteiger partial charge in [-0.3, -0.25) is 24.1 Å². The smallest absolute Gasteiger partial charge is 0.410 e. The average molecular weight is 786 g/mol. The monoisotopic (exact) mass is 785 g/mol. The molecule has 0 spiro atoms. The van der Waals surface area contributed by atoms with Crippen molar-refractivity contribution >= 4 is 41.1 Å². The van der Waals surface area contributed by atoms with Crippen LogP contribution in [0.5, 0.6) is 0 Å². The molecule has 2 unspecified atom stereocenters. The minimum atomic E-state index is -0.929. The first kappa shape index (κ1) is 45.4. The number of thiazole rings is 1. The van der Waals surface area contributed by atoms with Crippen molar-refractivity contribution in [3.05, 3.63) is 52.0 Å². The van der Waals surface area contributed by atoms with E-state index in [-0.39, 0.29) is 41.8 Å². The van der Waals surface area contributed by atoms with Crippen LogP contribution in [0, 0.1) is 17.8 Å². The van der Waals surface area contributed by atoms with Gasteiger partial charge in [-0.1, -0.05) is 71.4 Å². The second-order valence-corrected chi connectivity index (χ2v) is 17.1. The topological polar surface area (TPSA) is 167 Å². The number of aliphatic carboxylic acids is 1. The van der Waals surface area contributed by atoms with Gasteiger partial charge in [-0.05, 0) is 70.3 Å². The van der Waals surface area contributed by atoms with E-state index in [2.05, 4.69) is 15.6 Å². The van der Waals surface area contributed by atoms with Gasteiger partial charge in [0.15, 0.2) is 0 Å². The van der Waals surface area contributed by atoms with Crippen LogP contribution in [0.4, 0.5) is 4.79 Å². The van der Waals surface area contributed by atoms with E-state index < -0.39 is 53.7 Å². The quantitative estimate of drug-likeness (QED) is 0.153. The zero-order valence-corrected chi connectivity index (χ0v) is 35.1. The molecule has 7 atom stereocenters. The number of hydrogen-bond acceptors (Lipinski definition) is 9. The van der Waals surface area contributed by atoms with Crippen LogP contribution in [-0.2, 0) is 30.3 Å². The predicted octanol–water partition coefficient (Wildman–Crippen LogP) is 6.48. The fourth-order valence-electron chi connectivity index (χ4n) is 6.87. The lowest BCUT2D eigenvalue weighted by Gasteiger charge is -2.39. The van der Waals surface area contributed by atoms with Crippen LogP contribution < -0.4 is 10.6 Å². The van der Waals surface area contributed by atoms with Crippen LogP contribution in [0.15, 0.2) is 35.7 Å². The molecule has 1 fully saturated rings. The summed E-state index contributed by atoms with van der Waals surface area (Å²) in [6, 6.07) is 7.29. The van der Waals surface area contributed by atoms with Gasteiger partial charge in [0.1, 0.15) is 34.5 Å². The molecule has 1 aliphatic rings. The van der Waals surface area contributed by atoms with Crippen LogP contribution in [0.2, 0.25) is 0 Å². The number of likely N-dealkylation sites (N-methyl/N-ethyl adjacent to an activating group) is 1. The molecule has 0 saturated carbocycles. The van der Waals surface area contributed by atoms with Crippen LogP contribution >= 0.6 is 11.3 Å². The first-order chi connectivity index (χ1) is 25.9. The van der Waals surface area contributed by atoms with E-state index in [1.165, 1.54) is 16.2 Å². The molecular formula is C41H63N5O8S. The summed E-state index contributed by atoms with van der Waals surface area (Å²) < 4.78 is 11.5. The van der Waals surface area contributed by atoms with Crippen molar-refractivity contribution in [2.75, 3.05) is 20.7 Å². The number of aromatic nitrogens is 1. The third-order valence-electron chi connectivity index (χ3n) is 10.3. The third kappa shape index (κ3) is 13.3. The van der Waals surface area contributed by atoms with Crippen molar-refractivity contribution in [2.24, 2.45) is 17.8 Å². The zero-order chi connectivity index (χ0) is 41.0. The molecule has 0 radical (unpaired) electrons. The fraction of sp³-hybridized carbons (Fsp3) is 0.659. The van der Waals surface area contributed by atoms with E-state index >= 15 is 0 Å². The lowest BCUT2D eigenvalue weighted by atomic mass is 9.92. The molecule has 3 N–H and O–H groups in total. The Balaban J connectivity index is 1.77. The number of carboxylic acids is 1. The number of carbonyl (C=O) groups excluding carboxylic acids is 4. The Hall–Kier alpha value is -4.04. The number of likely N-dealkylation sites (tertiary alicyclic amines) is 1. The van der Waals surface area contributed by atoms with Gasteiger partial charge in [0.25, 0.3) is 5.91 Å². The van der Waals surface area contributed by atoms with Gasteiger partial charge in [0.2, 0.25) is 11.8 Å². The van der Waals surface area contributed by atoms with Crippen molar-refractivity contribution in [3.8, 4) is 0 Å². The molecule has 2 aromatic rings. The summed E-state index contributed by atoms with van der Waals surface area (Å²) in [5.74, 6) is -2.79. The zero-order valence-electron chi connectivity index (χ0n) is 34.3. The van der Waals surface area contributed by atoms with Gasteiger partial charge >= 0.3 is 12.1 Å². The number of ether oxygens (including phenoxy) is 2. The molecule has 0 bridgehead atoms. The molecule has 1 aromatic carbocycles. The average Bonchev–Trinajstić information content (AvgIpc) is 3.63. The summed E-state index contributed by atoms with van der Waals surface area (Å²) in [6.45, 7) is 15.3. The minimum absolute atomic E-state index is 0.00131. The summed E-state index contributed by atoms with van der Waals surface area (Å²) in [5, 5.41) is 17.8. The number of amides is 4.